The third-order valence-corrected chi connectivity index (χ3v) is 3.02. The maximum absolute atomic E-state index is 5.19. The zero-order chi connectivity index (χ0) is 11.5. The van der Waals surface area contributed by atoms with Gasteiger partial charge < -0.3 is 9.72 Å². The SMILES string of the molecule is COc1cccc(Cc2[nH]c(C)nc2Br)c1. The molecule has 1 heterocycles. The molecule has 0 atom stereocenters. The van der Waals surface area contributed by atoms with Gasteiger partial charge >= 0.3 is 0 Å². The molecule has 1 aromatic heterocycles. The maximum atomic E-state index is 5.19. The van der Waals surface area contributed by atoms with Crippen molar-refractivity contribution in [3.63, 3.8) is 0 Å². The van der Waals surface area contributed by atoms with Gasteiger partial charge in [-0.3, -0.25) is 0 Å². The van der Waals surface area contributed by atoms with E-state index in [9.17, 15) is 0 Å². The van der Waals surface area contributed by atoms with Crippen LogP contribution in [0.4, 0.5) is 0 Å². The molecule has 0 aliphatic heterocycles. The number of ether oxygens (including phenoxy) is 1. The molecule has 3 nitrogen and oxygen atoms in total. The molecular weight excluding hydrogens is 268 g/mol. The monoisotopic (exact) mass is 280 g/mol. The van der Waals surface area contributed by atoms with Gasteiger partial charge in [0.05, 0.1) is 12.8 Å². The highest BCUT2D eigenvalue weighted by Gasteiger charge is 2.06. The quantitative estimate of drug-likeness (QED) is 0.938. The minimum absolute atomic E-state index is 0.818. The first-order chi connectivity index (χ1) is 7.69. The smallest absolute Gasteiger partial charge is 0.127 e. The first-order valence-corrected chi connectivity index (χ1v) is 5.82. The standard InChI is InChI=1S/C12H13BrN2O/c1-8-14-11(12(13)15-8)7-9-4-3-5-10(6-9)16-2/h3-6H,7H2,1-2H3,(H,14,15). The Hall–Kier alpha value is -1.29. The van der Waals surface area contributed by atoms with Crippen LogP contribution in [0.5, 0.6) is 5.75 Å². The summed E-state index contributed by atoms with van der Waals surface area (Å²) in [5.41, 5.74) is 2.29. The number of methoxy groups -OCH3 is 1. The topological polar surface area (TPSA) is 37.9 Å². The lowest BCUT2D eigenvalue weighted by Crippen LogP contribution is -1.91. The molecule has 0 spiro atoms. The van der Waals surface area contributed by atoms with Crippen molar-refractivity contribution in [1.29, 1.82) is 0 Å². The molecule has 0 bridgehead atoms. The van der Waals surface area contributed by atoms with Gasteiger partial charge in [0.25, 0.3) is 0 Å². The van der Waals surface area contributed by atoms with Crippen molar-refractivity contribution in [1.82, 2.24) is 9.97 Å². The third kappa shape index (κ3) is 2.44. The molecule has 0 aliphatic carbocycles. The summed E-state index contributed by atoms with van der Waals surface area (Å²) < 4.78 is 6.07. The summed E-state index contributed by atoms with van der Waals surface area (Å²) in [6.45, 7) is 1.94. The van der Waals surface area contributed by atoms with Crippen LogP contribution in [-0.2, 0) is 6.42 Å². The van der Waals surface area contributed by atoms with E-state index in [2.05, 4.69) is 32.0 Å². The van der Waals surface area contributed by atoms with Crippen LogP contribution in [0, 0.1) is 6.92 Å². The summed E-state index contributed by atoms with van der Waals surface area (Å²) in [6.07, 6.45) is 0.818. The molecule has 0 radical (unpaired) electrons. The van der Waals surface area contributed by atoms with Crippen LogP contribution in [0.15, 0.2) is 28.9 Å². The average Bonchev–Trinajstić information content (AvgIpc) is 2.58. The normalized spacial score (nSPS) is 10.4. The van der Waals surface area contributed by atoms with Gasteiger partial charge in [-0.05, 0) is 40.5 Å². The van der Waals surface area contributed by atoms with Crippen molar-refractivity contribution in [3.05, 3.63) is 46.0 Å². The fraction of sp³-hybridized carbons (Fsp3) is 0.250. The number of aromatic amines is 1. The Balaban J connectivity index is 2.23. The zero-order valence-electron chi connectivity index (χ0n) is 9.25. The number of aryl methyl sites for hydroxylation is 1. The van der Waals surface area contributed by atoms with Crippen LogP contribution >= 0.6 is 15.9 Å². The number of H-pyrrole nitrogens is 1. The number of nitrogens with zero attached hydrogens (tertiary/aromatic N) is 1. The van der Waals surface area contributed by atoms with E-state index in [0.717, 1.165) is 28.3 Å². The number of aromatic nitrogens is 2. The summed E-state index contributed by atoms with van der Waals surface area (Å²) in [4.78, 5) is 7.51. The van der Waals surface area contributed by atoms with Crippen molar-refractivity contribution in [3.8, 4) is 5.75 Å². The Morgan fingerprint density at radius 3 is 2.88 bits per heavy atom. The van der Waals surface area contributed by atoms with Crippen molar-refractivity contribution in [2.24, 2.45) is 0 Å². The van der Waals surface area contributed by atoms with Gasteiger partial charge in [0.2, 0.25) is 0 Å². The maximum Gasteiger partial charge on any atom is 0.127 e. The summed E-state index contributed by atoms with van der Waals surface area (Å²) in [6, 6.07) is 8.04. The molecule has 0 saturated heterocycles. The van der Waals surface area contributed by atoms with Gasteiger partial charge in [-0.1, -0.05) is 12.1 Å². The van der Waals surface area contributed by atoms with Crippen molar-refractivity contribution >= 4 is 15.9 Å². The van der Waals surface area contributed by atoms with Gasteiger partial charge in [-0.2, -0.15) is 0 Å². The van der Waals surface area contributed by atoms with E-state index >= 15 is 0 Å². The number of imidazole rings is 1. The number of benzene rings is 1. The molecule has 1 aromatic carbocycles. The molecule has 0 amide bonds. The fourth-order valence-corrected chi connectivity index (χ4v) is 2.12. The first kappa shape index (κ1) is 11.2. The van der Waals surface area contributed by atoms with Gasteiger partial charge in [-0.25, -0.2) is 4.98 Å². The fourth-order valence-electron chi connectivity index (χ4n) is 1.62. The molecule has 2 rings (SSSR count). The Labute approximate surface area is 103 Å². The molecule has 0 fully saturated rings. The van der Waals surface area contributed by atoms with Gasteiger partial charge in [0.15, 0.2) is 0 Å². The van der Waals surface area contributed by atoms with Crippen LogP contribution < -0.4 is 4.74 Å². The minimum atomic E-state index is 0.818. The van der Waals surface area contributed by atoms with E-state index in [-0.39, 0.29) is 0 Å². The van der Waals surface area contributed by atoms with Crippen LogP contribution in [0.1, 0.15) is 17.1 Å². The number of halogens is 1. The highest BCUT2D eigenvalue weighted by Crippen LogP contribution is 2.20. The van der Waals surface area contributed by atoms with Crippen LogP contribution in [0.3, 0.4) is 0 Å². The van der Waals surface area contributed by atoms with Crippen molar-refractivity contribution in [2.75, 3.05) is 7.11 Å². The van der Waals surface area contributed by atoms with Crippen molar-refractivity contribution < 1.29 is 4.74 Å². The predicted molar refractivity (Wildman–Crippen MR) is 66.8 cm³/mol. The molecular formula is C12H13BrN2O. The number of rotatable bonds is 3. The van der Waals surface area contributed by atoms with E-state index in [4.69, 9.17) is 4.74 Å². The lowest BCUT2D eigenvalue weighted by Gasteiger charge is -2.03. The van der Waals surface area contributed by atoms with E-state index in [1.54, 1.807) is 7.11 Å². The Kier molecular flexibility index (Phi) is 3.29. The predicted octanol–water partition coefficient (Wildman–Crippen LogP) is 3.08. The van der Waals surface area contributed by atoms with Crippen molar-refractivity contribution in [2.45, 2.75) is 13.3 Å². The summed E-state index contributed by atoms with van der Waals surface area (Å²) >= 11 is 3.44. The summed E-state index contributed by atoms with van der Waals surface area (Å²) in [5, 5.41) is 0. The largest absolute Gasteiger partial charge is 0.497 e. The lowest BCUT2D eigenvalue weighted by molar-refractivity contribution is 0.414. The average molecular weight is 281 g/mol. The molecule has 0 unspecified atom stereocenters. The summed E-state index contributed by atoms with van der Waals surface area (Å²) in [5.74, 6) is 1.80. The Morgan fingerprint density at radius 1 is 1.44 bits per heavy atom. The van der Waals surface area contributed by atoms with E-state index in [0.29, 0.717) is 0 Å². The van der Waals surface area contributed by atoms with Gasteiger partial charge in [0, 0.05) is 6.42 Å². The van der Waals surface area contributed by atoms with E-state index < -0.39 is 0 Å². The molecule has 16 heavy (non-hydrogen) atoms. The van der Waals surface area contributed by atoms with Gasteiger partial charge in [0.1, 0.15) is 16.2 Å². The molecule has 84 valence electrons. The Morgan fingerprint density at radius 2 is 2.25 bits per heavy atom. The molecule has 4 heteroatoms. The number of nitrogens with one attached hydrogen (secondary N) is 1. The van der Waals surface area contributed by atoms with E-state index in [1.807, 2.05) is 25.1 Å². The number of hydrogen-bond donors (Lipinski definition) is 1. The number of hydrogen-bond acceptors (Lipinski definition) is 2. The van der Waals surface area contributed by atoms with Crippen LogP contribution in [-0.4, -0.2) is 17.1 Å². The molecule has 0 saturated carbocycles. The minimum Gasteiger partial charge on any atom is -0.497 e. The van der Waals surface area contributed by atoms with E-state index in [1.165, 1.54) is 5.56 Å². The van der Waals surface area contributed by atoms with Gasteiger partial charge in [-0.15, -0.1) is 0 Å². The molecule has 1 N–H and O–H groups in total. The summed E-state index contributed by atoms with van der Waals surface area (Å²) in [7, 11) is 1.68. The second-order valence-corrected chi connectivity index (χ2v) is 4.37. The third-order valence-electron chi connectivity index (χ3n) is 2.36. The Bertz CT molecular complexity index is 494. The highest BCUT2D eigenvalue weighted by molar-refractivity contribution is 9.10. The highest BCUT2D eigenvalue weighted by atomic mass is 79.9. The lowest BCUT2D eigenvalue weighted by atomic mass is 10.1. The second kappa shape index (κ2) is 4.70. The molecule has 0 aliphatic rings. The van der Waals surface area contributed by atoms with Crippen LogP contribution in [0.2, 0.25) is 0 Å². The molecule has 2 aromatic rings. The second-order valence-electron chi connectivity index (χ2n) is 3.62. The first-order valence-electron chi connectivity index (χ1n) is 5.03. The van der Waals surface area contributed by atoms with Crippen LogP contribution in [0.25, 0.3) is 0 Å². The zero-order valence-corrected chi connectivity index (χ0v) is 10.8.